The Hall–Kier alpha value is -2.44. The lowest BCUT2D eigenvalue weighted by Gasteiger charge is -2.11. The molecule has 1 aromatic carbocycles. The van der Waals surface area contributed by atoms with Crippen LogP contribution in [0.5, 0.6) is 0 Å². The van der Waals surface area contributed by atoms with Gasteiger partial charge < -0.3 is 20.8 Å². The number of hydrogen-bond acceptors (Lipinski definition) is 5. The largest absolute Gasteiger partial charge is 0.394 e. The third-order valence-electron chi connectivity index (χ3n) is 2.77. The highest BCUT2D eigenvalue weighted by Gasteiger charge is 2.07. The Bertz CT molecular complexity index is 590. The smallest absolute Gasteiger partial charge is 0.274 e. The molecule has 0 radical (unpaired) electrons. The Kier molecular flexibility index (Phi) is 5.25. The number of nitrogens with one attached hydrogen (secondary N) is 2. The molecule has 0 saturated carbocycles. The molecule has 2 aromatic rings. The number of carbonyl (C=O) groups excluding carboxylic acids is 1. The van der Waals surface area contributed by atoms with Crippen molar-refractivity contribution in [3.8, 4) is 0 Å². The van der Waals surface area contributed by atoms with E-state index < -0.39 is 6.10 Å². The summed E-state index contributed by atoms with van der Waals surface area (Å²) in [6.45, 7) is -0.0722. The maximum atomic E-state index is 12.0. The number of benzene rings is 1. The molecule has 0 aliphatic carbocycles. The monoisotopic (exact) mass is 287 g/mol. The van der Waals surface area contributed by atoms with Crippen LogP contribution in [-0.2, 0) is 0 Å². The number of amides is 1. The van der Waals surface area contributed by atoms with Crippen LogP contribution in [0.1, 0.15) is 10.5 Å². The number of nitrogens with zero attached hydrogens (tertiary/aromatic N) is 1. The molecule has 1 unspecified atom stereocenters. The van der Waals surface area contributed by atoms with E-state index in [1.165, 1.54) is 0 Å². The Morgan fingerprint density at radius 1 is 1.19 bits per heavy atom. The number of hydrogen-bond donors (Lipinski definition) is 4. The second kappa shape index (κ2) is 7.37. The van der Waals surface area contributed by atoms with Crippen molar-refractivity contribution < 1.29 is 15.0 Å². The summed E-state index contributed by atoms with van der Waals surface area (Å²) in [5, 5.41) is 23.8. The molecule has 0 aliphatic rings. The van der Waals surface area contributed by atoms with Gasteiger partial charge in [0.05, 0.1) is 12.7 Å². The molecule has 4 N–H and O–H groups in total. The lowest BCUT2D eigenvalue weighted by molar-refractivity contribution is 0.102. The van der Waals surface area contributed by atoms with Crippen LogP contribution in [-0.4, -0.2) is 40.4 Å². The Labute approximate surface area is 122 Å². The van der Waals surface area contributed by atoms with E-state index in [1.807, 2.05) is 0 Å². The fourth-order valence-corrected chi connectivity index (χ4v) is 1.70. The van der Waals surface area contributed by atoms with Gasteiger partial charge in [0.15, 0.2) is 0 Å². The number of anilines is 2. The van der Waals surface area contributed by atoms with Crippen LogP contribution in [0.4, 0.5) is 11.4 Å². The number of aromatic nitrogens is 1. The molecule has 0 saturated heterocycles. The molecule has 0 fully saturated rings. The minimum atomic E-state index is -0.822. The topological polar surface area (TPSA) is 94.5 Å². The molecule has 6 nitrogen and oxygen atoms in total. The zero-order valence-electron chi connectivity index (χ0n) is 11.4. The Morgan fingerprint density at radius 2 is 2.00 bits per heavy atom. The molecule has 2 rings (SSSR count). The van der Waals surface area contributed by atoms with Crippen LogP contribution in [0.2, 0.25) is 0 Å². The van der Waals surface area contributed by atoms with Crippen molar-refractivity contribution in [1.82, 2.24) is 4.98 Å². The maximum absolute atomic E-state index is 12.0. The molecule has 110 valence electrons. The van der Waals surface area contributed by atoms with Crippen molar-refractivity contribution in [2.45, 2.75) is 6.10 Å². The maximum Gasteiger partial charge on any atom is 0.274 e. The minimum Gasteiger partial charge on any atom is -0.394 e. The van der Waals surface area contributed by atoms with Gasteiger partial charge in [-0.2, -0.15) is 0 Å². The Balaban J connectivity index is 1.99. The normalized spacial score (nSPS) is 11.7. The highest BCUT2D eigenvalue weighted by atomic mass is 16.3. The first-order valence-electron chi connectivity index (χ1n) is 6.54. The van der Waals surface area contributed by atoms with Crippen LogP contribution in [0.25, 0.3) is 0 Å². The summed E-state index contributed by atoms with van der Waals surface area (Å²) < 4.78 is 0. The zero-order chi connectivity index (χ0) is 15.1. The predicted molar refractivity (Wildman–Crippen MR) is 80.2 cm³/mol. The third kappa shape index (κ3) is 4.55. The molecule has 0 spiro atoms. The van der Waals surface area contributed by atoms with Crippen LogP contribution in [0, 0.1) is 0 Å². The van der Waals surface area contributed by atoms with E-state index in [9.17, 15) is 9.90 Å². The SMILES string of the molecule is O=C(Nc1cccc(NCC(O)CO)c1)c1ccccn1. The van der Waals surface area contributed by atoms with Crippen molar-refractivity contribution in [3.05, 3.63) is 54.4 Å². The zero-order valence-corrected chi connectivity index (χ0v) is 11.4. The van der Waals surface area contributed by atoms with Crippen molar-refractivity contribution in [2.24, 2.45) is 0 Å². The average Bonchev–Trinajstić information content (AvgIpc) is 2.53. The van der Waals surface area contributed by atoms with E-state index >= 15 is 0 Å². The average molecular weight is 287 g/mol. The summed E-state index contributed by atoms with van der Waals surface area (Å²) >= 11 is 0. The van der Waals surface area contributed by atoms with E-state index in [4.69, 9.17) is 5.11 Å². The lowest BCUT2D eigenvalue weighted by Crippen LogP contribution is -2.23. The molecule has 0 aliphatic heterocycles. The van der Waals surface area contributed by atoms with E-state index in [2.05, 4.69) is 15.6 Å². The molecule has 1 aromatic heterocycles. The second-order valence-electron chi connectivity index (χ2n) is 4.47. The van der Waals surface area contributed by atoms with E-state index in [-0.39, 0.29) is 19.1 Å². The van der Waals surface area contributed by atoms with E-state index in [0.717, 1.165) is 5.69 Å². The van der Waals surface area contributed by atoms with Crippen molar-refractivity contribution in [3.63, 3.8) is 0 Å². The number of aliphatic hydroxyl groups excluding tert-OH is 2. The van der Waals surface area contributed by atoms with Crippen LogP contribution in [0.15, 0.2) is 48.7 Å². The molecule has 6 heteroatoms. The lowest BCUT2D eigenvalue weighted by atomic mass is 10.2. The van der Waals surface area contributed by atoms with Gasteiger partial charge in [-0.1, -0.05) is 12.1 Å². The van der Waals surface area contributed by atoms with Gasteiger partial charge in [0.25, 0.3) is 5.91 Å². The fraction of sp³-hybridized carbons (Fsp3) is 0.200. The number of pyridine rings is 1. The van der Waals surface area contributed by atoms with Gasteiger partial charge in [0, 0.05) is 24.1 Å². The molecule has 0 bridgehead atoms. The quantitative estimate of drug-likeness (QED) is 0.638. The van der Waals surface area contributed by atoms with Gasteiger partial charge in [-0.3, -0.25) is 9.78 Å². The number of carbonyl (C=O) groups is 1. The summed E-state index contributed by atoms with van der Waals surface area (Å²) in [5.41, 5.74) is 1.70. The second-order valence-corrected chi connectivity index (χ2v) is 4.47. The molecule has 1 amide bonds. The molecule has 1 heterocycles. The molecule has 1 atom stereocenters. The highest BCUT2D eigenvalue weighted by molar-refractivity contribution is 6.03. The van der Waals surface area contributed by atoms with Gasteiger partial charge in [-0.15, -0.1) is 0 Å². The number of aliphatic hydroxyl groups is 2. The first-order valence-corrected chi connectivity index (χ1v) is 6.54. The molecule has 21 heavy (non-hydrogen) atoms. The summed E-state index contributed by atoms with van der Waals surface area (Å²) in [6.07, 6.45) is 0.736. The predicted octanol–water partition coefficient (Wildman–Crippen LogP) is 1.10. The van der Waals surface area contributed by atoms with Gasteiger partial charge in [0.1, 0.15) is 5.69 Å². The van der Waals surface area contributed by atoms with Crippen molar-refractivity contribution in [1.29, 1.82) is 0 Å². The van der Waals surface area contributed by atoms with Gasteiger partial charge in [0.2, 0.25) is 0 Å². The van der Waals surface area contributed by atoms with Crippen molar-refractivity contribution in [2.75, 3.05) is 23.8 Å². The van der Waals surface area contributed by atoms with Crippen LogP contribution < -0.4 is 10.6 Å². The standard InChI is InChI=1S/C15H17N3O3/c19-10-13(20)9-17-11-4-3-5-12(8-11)18-15(21)14-6-1-2-7-16-14/h1-8,13,17,19-20H,9-10H2,(H,18,21). The summed E-state index contributed by atoms with van der Waals surface area (Å²) in [5.74, 6) is -0.289. The van der Waals surface area contributed by atoms with E-state index in [1.54, 1.807) is 48.7 Å². The summed E-state index contributed by atoms with van der Waals surface area (Å²) in [4.78, 5) is 16.0. The molecular weight excluding hydrogens is 270 g/mol. The van der Waals surface area contributed by atoms with Gasteiger partial charge in [-0.05, 0) is 30.3 Å². The van der Waals surface area contributed by atoms with Gasteiger partial charge in [-0.25, -0.2) is 0 Å². The first kappa shape index (κ1) is 15.0. The molecular formula is C15H17N3O3. The fourth-order valence-electron chi connectivity index (χ4n) is 1.70. The van der Waals surface area contributed by atoms with Crippen LogP contribution in [0.3, 0.4) is 0 Å². The third-order valence-corrected chi connectivity index (χ3v) is 2.77. The van der Waals surface area contributed by atoms with Crippen molar-refractivity contribution >= 4 is 17.3 Å². The van der Waals surface area contributed by atoms with Crippen LogP contribution >= 0.6 is 0 Å². The highest BCUT2D eigenvalue weighted by Crippen LogP contribution is 2.15. The number of rotatable bonds is 6. The Morgan fingerprint density at radius 3 is 2.71 bits per heavy atom. The first-order chi connectivity index (χ1) is 10.2. The minimum absolute atomic E-state index is 0.230. The van der Waals surface area contributed by atoms with Gasteiger partial charge >= 0.3 is 0 Å². The van der Waals surface area contributed by atoms with E-state index in [0.29, 0.717) is 11.4 Å². The summed E-state index contributed by atoms with van der Waals surface area (Å²) in [6, 6.07) is 12.2. The summed E-state index contributed by atoms with van der Waals surface area (Å²) in [7, 11) is 0.